The van der Waals surface area contributed by atoms with Crippen molar-refractivity contribution in [3.8, 4) is 6.07 Å². The van der Waals surface area contributed by atoms with E-state index in [0.29, 0.717) is 25.7 Å². The molecule has 3 amide bonds. The van der Waals surface area contributed by atoms with Crippen LogP contribution in [0.4, 0.5) is 0 Å². The molecular weight excluding hydrogens is 338 g/mol. The Morgan fingerprint density at radius 2 is 1.77 bits per heavy atom. The van der Waals surface area contributed by atoms with E-state index in [2.05, 4.69) is 11.4 Å². The highest BCUT2D eigenvalue weighted by atomic mass is 16.5. The summed E-state index contributed by atoms with van der Waals surface area (Å²) < 4.78 is 4.89. The Bertz CT molecular complexity index is 676. The Labute approximate surface area is 151 Å². The fraction of sp³-hybridized carbons (Fsp3) is 0.611. The summed E-state index contributed by atoms with van der Waals surface area (Å²) in [5.74, 6) is -2.90. The zero-order chi connectivity index (χ0) is 18.7. The number of carbonyl (C=O) groups is 4. The highest BCUT2D eigenvalue weighted by molar-refractivity contribution is 6.07. The molecule has 0 bridgehead atoms. The van der Waals surface area contributed by atoms with Crippen LogP contribution in [0.2, 0.25) is 0 Å². The summed E-state index contributed by atoms with van der Waals surface area (Å²) in [5.41, 5.74) is -0.882. The van der Waals surface area contributed by atoms with Gasteiger partial charge in [0.25, 0.3) is 5.91 Å². The summed E-state index contributed by atoms with van der Waals surface area (Å²) in [6, 6.07) is 2.12. The molecule has 0 spiro atoms. The average Bonchev–Trinajstić information content (AvgIpc) is 3.20. The monoisotopic (exact) mass is 359 g/mol. The lowest BCUT2D eigenvalue weighted by Crippen LogP contribution is -2.47. The van der Waals surface area contributed by atoms with Gasteiger partial charge in [0.05, 0.1) is 17.9 Å². The molecule has 2 aliphatic carbocycles. The van der Waals surface area contributed by atoms with Crippen molar-refractivity contribution in [3.05, 3.63) is 12.2 Å². The maximum absolute atomic E-state index is 12.3. The van der Waals surface area contributed by atoms with Crippen molar-refractivity contribution in [2.45, 2.75) is 44.1 Å². The number of imide groups is 1. The molecule has 1 saturated carbocycles. The van der Waals surface area contributed by atoms with Gasteiger partial charge in [0.1, 0.15) is 12.1 Å². The van der Waals surface area contributed by atoms with Gasteiger partial charge < -0.3 is 10.1 Å². The van der Waals surface area contributed by atoms with Crippen LogP contribution in [0, 0.1) is 23.2 Å². The summed E-state index contributed by atoms with van der Waals surface area (Å²) in [6.45, 7) is -1.02. The molecule has 2 atom stereocenters. The lowest BCUT2D eigenvalue weighted by Gasteiger charge is -2.22. The number of hydrogen-bond donors (Lipinski definition) is 1. The Balaban J connectivity index is 1.49. The number of amides is 3. The second-order valence-corrected chi connectivity index (χ2v) is 7.03. The van der Waals surface area contributed by atoms with Crippen LogP contribution in [-0.2, 0) is 23.9 Å². The molecule has 138 valence electrons. The summed E-state index contributed by atoms with van der Waals surface area (Å²) >= 11 is 0. The topological polar surface area (TPSA) is 117 Å². The third kappa shape index (κ3) is 3.47. The van der Waals surface area contributed by atoms with E-state index in [-0.39, 0.29) is 11.8 Å². The molecule has 0 aromatic rings. The number of allylic oxidation sites excluding steroid dienone is 2. The SMILES string of the molecule is N#CC1(NC(=O)COC(=O)CN2C(=O)[C@@H]3CC=CC[C@H]3C2=O)CCCC1. The van der Waals surface area contributed by atoms with Gasteiger partial charge in [0, 0.05) is 0 Å². The first kappa shape index (κ1) is 18.1. The van der Waals surface area contributed by atoms with Gasteiger partial charge in [-0.15, -0.1) is 0 Å². The first-order valence-corrected chi connectivity index (χ1v) is 8.84. The molecule has 3 aliphatic rings. The zero-order valence-electron chi connectivity index (χ0n) is 14.4. The Kier molecular flexibility index (Phi) is 5.07. The third-order valence-corrected chi connectivity index (χ3v) is 5.30. The van der Waals surface area contributed by atoms with Crippen molar-refractivity contribution in [1.29, 1.82) is 5.26 Å². The second kappa shape index (κ2) is 7.28. The fourth-order valence-electron chi connectivity index (χ4n) is 3.89. The van der Waals surface area contributed by atoms with Gasteiger partial charge in [-0.2, -0.15) is 5.26 Å². The molecule has 0 radical (unpaired) electrons. The minimum absolute atomic E-state index is 0.361. The predicted molar refractivity (Wildman–Crippen MR) is 88.0 cm³/mol. The van der Waals surface area contributed by atoms with Crippen molar-refractivity contribution in [2.24, 2.45) is 11.8 Å². The van der Waals surface area contributed by atoms with E-state index in [9.17, 15) is 24.4 Å². The minimum Gasteiger partial charge on any atom is -0.454 e. The van der Waals surface area contributed by atoms with Crippen LogP contribution in [0.3, 0.4) is 0 Å². The third-order valence-electron chi connectivity index (χ3n) is 5.30. The van der Waals surface area contributed by atoms with Gasteiger partial charge in [-0.25, -0.2) is 0 Å². The average molecular weight is 359 g/mol. The van der Waals surface area contributed by atoms with Crippen LogP contribution >= 0.6 is 0 Å². The van der Waals surface area contributed by atoms with Gasteiger partial charge in [0.2, 0.25) is 11.8 Å². The van der Waals surface area contributed by atoms with Crippen LogP contribution < -0.4 is 5.32 Å². The van der Waals surface area contributed by atoms with Crippen LogP contribution in [0.5, 0.6) is 0 Å². The van der Waals surface area contributed by atoms with Gasteiger partial charge in [-0.1, -0.05) is 12.2 Å². The first-order chi connectivity index (χ1) is 12.5. The fourth-order valence-corrected chi connectivity index (χ4v) is 3.89. The van der Waals surface area contributed by atoms with Gasteiger partial charge in [0.15, 0.2) is 6.61 Å². The lowest BCUT2D eigenvalue weighted by molar-refractivity contribution is -0.155. The van der Waals surface area contributed by atoms with E-state index in [1.807, 2.05) is 12.2 Å². The normalized spacial score (nSPS) is 26.3. The van der Waals surface area contributed by atoms with Crippen LogP contribution in [0.1, 0.15) is 38.5 Å². The molecule has 0 unspecified atom stereocenters. The number of esters is 1. The molecule has 3 rings (SSSR count). The number of carbonyl (C=O) groups excluding carboxylic acids is 4. The predicted octanol–water partition coefficient (Wildman–Crippen LogP) is 0.433. The number of rotatable bonds is 5. The Hall–Kier alpha value is -2.69. The molecule has 26 heavy (non-hydrogen) atoms. The first-order valence-electron chi connectivity index (χ1n) is 8.84. The molecule has 1 N–H and O–H groups in total. The largest absolute Gasteiger partial charge is 0.454 e. The molecular formula is C18H21N3O5. The van der Waals surface area contributed by atoms with E-state index < -0.39 is 42.4 Å². The van der Waals surface area contributed by atoms with Crippen LogP contribution in [-0.4, -0.2) is 47.3 Å². The van der Waals surface area contributed by atoms with Gasteiger partial charge in [-0.3, -0.25) is 24.1 Å². The molecule has 1 heterocycles. The highest BCUT2D eigenvalue weighted by Crippen LogP contribution is 2.34. The zero-order valence-corrected chi connectivity index (χ0v) is 14.4. The summed E-state index contributed by atoms with van der Waals surface area (Å²) in [7, 11) is 0. The van der Waals surface area contributed by atoms with Crippen LogP contribution in [0.25, 0.3) is 0 Å². The number of likely N-dealkylation sites (tertiary alicyclic amines) is 1. The number of fused-ring (bicyclic) bond motifs is 1. The van der Waals surface area contributed by atoms with Crippen LogP contribution in [0.15, 0.2) is 12.2 Å². The molecule has 2 fully saturated rings. The van der Waals surface area contributed by atoms with Crippen molar-refractivity contribution >= 4 is 23.7 Å². The smallest absolute Gasteiger partial charge is 0.326 e. The molecule has 0 aromatic carbocycles. The van der Waals surface area contributed by atoms with Crippen molar-refractivity contribution < 1.29 is 23.9 Å². The van der Waals surface area contributed by atoms with Crippen molar-refractivity contribution in [3.63, 3.8) is 0 Å². The second-order valence-electron chi connectivity index (χ2n) is 7.03. The summed E-state index contributed by atoms with van der Waals surface area (Å²) in [6.07, 6.45) is 7.62. The standard InChI is InChI=1S/C18H21N3O5/c19-11-18(7-3-4-8-18)20-14(22)10-26-15(23)9-21-16(24)12-5-1-2-6-13(12)17(21)25/h1-2,12-13H,3-10H2,(H,20,22)/t12-,13-/m1/s1. The summed E-state index contributed by atoms with van der Waals surface area (Å²) in [5, 5.41) is 11.8. The highest BCUT2D eigenvalue weighted by Gasteiger charge is 2.47. The number of nitriles is 1. The van der Waals surface area contributed by atoms with E-state index in [4.69, 9.17) is 4.74 Å². The van der Waals surface area contributed by atoms with Gasteiger partial charge >= 0.3 is 5.97 Å². The van der Waals surface area contributed by atoms with E-state index in [1.54, 1.807) is 0 Å². The number of ether oxygens (including phenoxy) is 1. The Morgan fingerprint density at radius 3 is 2.31 bits per heavy atom. The summed E-state index contributed by atoms with van der Waals surface area (Å²) in [4.78, 5) is 49.4. The van der Waals surface area contributed by atoms with E-state index in [1.165, 1.54) is 0 Å². The van der Waals surface area contributed by atoms with Crippen molar-refractivity contribution in [1.82, 2.24) is 10.2 Å². The lowest BCUT2D eigenvalue weighted by atomic mass is 9.85. The van der Waals surface area contributed by atoms with Gasteiger partial charge in [-0.05, 0) is 38.5 Å². The molecule has 8 nitrogen and oxygen atoms in total. The number of nitrogens with one attached hydrogen (secondary N) is 1. The molecule has 1 saturated heterocycles. The number of nitrogens with zero attached hydrogens (tertiary/aromatic N) is 2. The minimum atomic E-state index is -0.882. The van der Waals surface area contributed by atoms with E-state index in [0.717, 1.165) is 17.7 Å². The maximum Gasteiger partial charge on any atom is 0.326 e. The molecule has 0 aromatic heterocycles. The Morgan fingerprint density at radius 1 is 1.19 bits per heavy atom. The van der Waals surface area contributed by atoms with Crippen molar-refractivity contribution in [2.75, 3.05) is 13.2 Å². The molecule has 8 heteroatoms. The maximum atomic E-state index is 12.3. The molecule has 1 aliphatic heterocycles. The quantitative estimate of drug-likeness (QED) is 0.432. The number of hydrogen-bond acceptors (Lipinski definition) is 6. The van der Waals surface area contributed by atoms with E-state index >= 15 is 0 Å².